The van der Waals surface area contributed by atoms with Gasteiger partial charge in [-0.15, -0.1) is 0 Å². The van der Waals surface area contributed by atoms with Gasteiger partial charge in [0.15, 0.2) is 0 Å². The van der Waals surface area contributed by atoms with Crippen molar-refractivity contribution in [1.82, 2.24) is 16.0 Å². The number of carbonyl (C=O) groups excluding carboxylic acids is 5. The highest BCUT2D eigenvalue weighted by Crippen LogP contribution is 2.31. The van der Waals surface area contributed by atoms with E-state index in [0.29, 0.717) is 0 Å². The molecule has 0 rings (SSSR count). The number of carboxylic acids is 2. The van der Waals surface area contributed by atoms with Crippen molar-refractivity contribution < 1.29 is 48.5 Å². The molecule has 44 heavy (non-hydrogen) atoms. The van der Waals surface area contributed by atoms with Crippen LogP contribution in [0.1, 0.15) is 88.5 Å². The van der Waals surface area contributed by atoms with Gasteiger partial charge in [-0.2, -0.15) is 0 Å². The third kappa shape index (κ3) is 14.1. The maximum atomic E-state index is 13.4. The predicted octanol–water partition coefficient (Wildman–Crippen LogP) is 0.279. The number of amides is 4. The highest BCUT2D eigenvalue weighted by atomic mass is 16.6. The number of nitrogens with two attached hydrogens (primary N) is 2. The number of esters is 1. The molecule has 252 valence electrons. The lowest BCUT2D eigenvalue weighted by molar-refractivity contribution is -0.160. The Hall–Kier alpha value is -3.75. The van der Waals surface area contributed by atoms with E-state index in [4.69, 9.17) is 16.2 Å². The van der Waals surface area contributed by atoms with Crippen LogP contribution in [0, 0.1) is 22.7 Å². The van der Waals surface area contributed by atoms with E-state index in [1.807, 2.05) is 0 Å². The number of carbonyl (C=O) groups is 7. The minimum absolute atomic E-state index is 0.207. The summed E-state index contributed by atoms with van der Waals surface area (Å²) in [6.07, 6.45) is -1.25. The number of ether oxygens (including phenoxy) is 1. The van der Waals surface area contributed by atoms with Gasteiger partial charge in [0.05, 0.1) is 24.3 Å². The summed E-state index contributed by atoms with van der Waals surface area (Å²) in [7, 11) is 0. The molecule has 0 saturated carbocycles. The van der Waals surface area contributed by atoms with Crippen LogP contribution in [0.5, 0.6) is 0 Å². The molecule has 0 aromatic heterocycles. The van der Waals surface area contributed by atoms with Gasteiger partial charge in [-0.05, 0) is 51.4 Å². The molecule has 9 N–H and O–H groups in total. The Morgan fingerprint density at radius 3 is 1.50 bits per heavy atom. The van der Waals surface area contributed by atoms with Crippen LogP contribution in [-0.4, -0.2) is 81.5 Å². The molecule has 2 unspecified atom stereocenters. The first-order chi connectivity index (χ1) is 19.7. The third-order valence-electron chi connectivity index (χ3n) is 6.78. The largest absolute Gasteiger partial charge is 0.481 e. The van der Waals surface area contributed by atoms with E-state index in [-0.39, 0.29) is 6.42 Å². The maximum absolute atomic E-state index is 13.4. The molecular formula is C29H51N5O10. The number of rotatable bonds is 15. The van der Waals surface area contributed by atoms with Crippen LogP contribution >= 0.6 is 0 Å². The summed E-state index contributed by atoms with van der Waals surface area (Å²) in [6, 6.07) is -5.63. The van der Waals surface area contributed by atoms with E-state index in [0.717, 1.165) is 0 Å². The Labute approximate surface area is 258 Å². The molecule has 6 atom stereocenters. The quantitative estimate of drug-likeness (QED) is 0.121. The molecule has 0 bridgehead atoms. The lowest BCUT2D eigenvalue weighted by Crippen LogP contribution is -2.58. The van der Waals surface area contributed by atoms with Crippen molar-refractivity contribution in [2.75, 3.05) is 0 Å². The molecule has 0 radical (unpaired) electrons. The molecule has 0 aliphatic carbocycles. The Morgan fingerprint density at radius 1 is 0.682 bits per heavy atom. The van der Waals surface area contributed by atoms with Crippen molar-refractivity contribution in [2.45, 2.75) is 118 Å². The SMILES string of the molecule is C[C@H](NC(=O)[C@@H](N)CC(C(=O)O)C(C)(C)C)C(=O)N[C@@H](CC(C(=O)O)C(C)(C)C)C(=O)N[C@@H](CC(N)=O)C(=O)OC(C)(C)C. The van der Waals surface area contributed by atoms with Crippen molar-refractivity contribution in [3.05, 3.63) is 0 Å². The maximum Gasteiger partial charge on any atom is 0.329 e. The van der Waals surface area contributed by atoms with Gasteiger partial charge in [0.2, 0.25) is 23.6 Å². The van der Waals surface area contributed by atoms with Crippen molar-refractivity contribution in [2.24, 2.45) is 34.1 Å². The summed E-state index contributed by atoms with van der Waals surface area (Å²) < 4.78 is 5.26. The van der Waals surface area contributed by atoms with E-state index >= 15 is 0 Å². The van der Waals surface area contributed by atoms with Crippen LogP contribution in [0.15, 0.2) is 0 Å². The minimum Gasteiger partial charge on any atom is -0.481 e. The fourth-order valence-corrected chi connectivity index (χ4v) is 4.20. The zero-order valence-electron chi connectivity index (χ0n) is 27.4. The number of aliphatic carboxylic acids is 2. The average molecular weight is 630 g/mol. The van der Waals surface area contributed by atoms with Crippen molar-refractivity contribution in [1.29, 1.82) is 0 Å². The van der Waals surface area contributed by atoms with Crippen molar-refractivity contribution in [3.63, 3.8) is 0 Å². The summed E-state index contributed by atoms with van der Waals surface area (Å²) in [6.45, 7) is 16.0. The van der Waals surface area contributed by atoms with Gasteiger partial charge in [-0.25, -0.2) is 4.79 Å². The van der Waals surface area contributed by atoms with Crippen LogP contribution in [0.25, 0.3) is 0 Å². The Morgan fingerprint density at radius 2 is 1.11 bits per heavy atom. The molecule has 0 aromatic carbocycles. The van der Waals surface area contributed by atoms with Gasteiger partial charge in [-0.3, -0.25) is 28.8 Å². The second-order valence-electron chi connectivity index (χ2n) is 14.1. The Kier molecular flexibility index (Phi) is 14.5. The Balaban J connectivity index is 6.08. The van der Waals surface area contributed by atoms with E-state index in [9.17, 15) is 43.8 Å². The molecule has 0 aliphatic heterocycles. The van der Waals surface area contributed by atoms with Gasteiger partial charge in [0.25, 0.3) is 0 Å². The number of carboxylic acid groups (broad SMARTS) is 2. The van der Waals surface area contributed by atoms with E-state index in [2.05, 4.69) is 16.0 Å². The summed E-state index contributed by atoms with van der Waals surface area (Å²) in [4.78, 5) is 87.4. The van der Waals surface area contributed by atoms with E-state index in [1.165, 1.54) is 6.92 Å². The number of hydrogen-bond acceptors (Lipinski definition) is 9. The molecule has 0 fully saturated rings. The van der Waals surface area contributed by atoms with Crippen LogP contribution in [0.2, 0.25) is 0 Å². The first kappa shape index (κ1) is 40.2. The normalized spacial score (nSPS) is 16.2. The van der Waals surface area contributed by atoms with Gasteiger partial charge in [0, 0.05) is 0 Å². The fourth-order valence-electron chi connectivity index (χ4n) is 4.20. The molecule has 15 heteroatoms. The summed E-state index contributed by atoms with van der Waals surface area (Å²) >= 11 is 0. The molecule has 0 heterocycles. The van der Waals surface area contributed by atoms with Gasteiger partial charge >= 0.3 is 17.9 Å². The fraction of sp³-hybridized carbons (Fsp3) is 0.759. The predicted molar refractivity (Wildman–Crippen MR) is 159 cm³/mol. The molecule has 0 aromatic rings. The van der Waals surface area contributed by atoms with E-state index in [1.54, 1.807) is 62.3 Å². The number of primary amides is 1. The number of hydrogen-bond donors (Lipinski definition) is 7. The van der Waals surface area contributed by atoms with Crippen molar-refractivity contribution >= 4 is 41.5 Å². The second-order valence-corrected chi connectivity index (χ2v) is 14.1. The van der Waals surface area contributed by atoms with Gasteiger partial charge < -0.3 is 42.4 Å². The number of nitrogens with one attached hydrogen (secondary N) is 3. The van der Waals surface area contributed by atoms with Crippen LogP contribution in [0.3, 0.4) is 0 Å². The zero-order valence-corrected chi connectivity index (χ0v) is 27.4. The second kappa shape index (κ2) is 15.8. The average Bonchev–Trinajstić information content (AvgIpc) is 2.80. The van der Waals surface area contributed by atoms with Gasteiger partial charge in [0.1, 0.15) is 23.7 Å². The standard InChI is InChI=1S/C29H51N5O10/c1-14(32-22(37)17(30)11-15(24(39)40)27(2,3)4)21(36)33-18(12-16(25(41)42)28(5,6)7)23(38)34-19(13-20(31)35)26(43)44-29(8,9)10/h14-19H,11-13,30H2,1-10H3,(H2,31,35)(H,32,37)(H,33,36)(H,34,38)(H,39,40)(H,41,42)/t14-,15?,16?,17-,18-,19-/m0/s1. The highest BCUT2D eigenvalue weighted by molar-refractivity contribution is 5.95. The molecule has 15 nitrogen and oxygen atoms in total. The molecular weight excluding hydrogens is 578 g/mol. The molecule has 0 aliphatic rings. The lowest BCUT2D eigenvalue weighted by Gasteiger charge is -2.32. The monoisotopic (exact) mass is 629 g/mol. The first-order valence-corrected chi connectivity index (χ1v) is 14.3. The van der Waals surface area contributed by atoms with Gasteiger partial charge in [-0.1, -0.05) is 41.5 Å². The molecule has 0 saturated heterocycles. The molecule has 0 spiro atoms. The van der Waals surface area contributed by atoms with E-state index < -0.39 is 107 Å². The van der Waals surface area contributed by atoms with Crippen LogP contribution < -0.4 is 27.4 Å². The smallest absolute Gasteiger partial charge is 0.329 e. The van der Waals surface area contributed by atoms with Crippen LogP contribution in [-0.2, 0) is 38.3 Å². The minimum atomic E-state index is -1.54. The van der Waals surface area contributed by atoms with Crippen molar-refractivity contribution in [3.8, 4) is 0 Å². The molecule has 4 amide bonds. The summed E-state index contributed by atoms with van der Waals surface area (Å²) in [5.41, 5.74) is 8.66. The third-order valence-corrected chi connectivity index (χ3v) is 6.78. The zero-order chi connectivity index (χ0) is 35.0. The lowest BCUT2D eigenvalue weighted by atomic mass is 9.77. The topological polar surface area (TPSA) is 257 Å². The first-order valence-electron chi connectivity index (χ1n) is 14.3. The van der Waals surface area contributed by atoms with Crippen LogP contribution in [0.4, 0.5) is 0 Å². The Bertz CT molecular complexity index is 1090. The summed E-state index contributed by atoms with van der Waals surface area (Å²) in [5, 5.41) is 26.5. The highest BCUT2D eigenvalue weighted by Gasteiger charge is 2.39. The summed E-state index contributed by atoms with van der Waals surface area (Å²) in [5.74, 6) is -9.07.